The molecule has 0 radical (unpaired) electrons. The number of carbonyl (C=O) groups excluding carboxylic acids is 2. The van der Waals surface area contributed by atoms with Gasteiger partial charge >= 0.3 is 0 Å². The minimum absolute atomic E-state index is 0.00400. The summed E-state index contributed by atoms with van der Waals surface area (Å²) >= 11 is 10.1. The van der Waals surface area contributed by atoms with Crippen LogP contribution in [-0.4, -0.2) is 34.8 Å². The molecular weight excluding hydrogens is 588 g/mol. The number of nitrogens with one attached hydrogen (secondary N) is 1. The van der Waals surface area contributed by atoms with Gasteiger partial charge in [-0.2, -0.15) is 5.26 Å². The number of Topliss-reactive ketones (excluding diaryl/α,β-unsaturated/α-hetero) is 1. The zero-order valence-corrected chi connectivity index (χ0v) is 25.1. The molecule has 40 heavy (non-hydrogen) atoms. The number of nitriles is 1. The number of methoxy groups -OCH3 is 1. The lowest BCUT2D eigenvalue weighted by Gasteiger charge is -2.42. The lowest BCUT2D eigenvalue weighted by Crippen LogP contribution is -2.42. The number of thioether (sulfide) groups is 1. The molecule has 3 aromatic rings. The van der Waals surface area contributed by atoms with E-state index in [-0.39, 0.29) is 28.7 Å². The van der Waals surface area contributed by atoms with Crippen LogP contribution in [0, 0.1) is 16.7 Å². The molecule has 0 fully saturated rings. The van der Waals surface area contributed by atoms with E-state index >= 15 is 0 Å². The second-order valence-corrected chi connectivity index (χ2v) is 13.6. The Morgan fingerprint density at radius 2 is 2.15 bits per heavy atom. The fourth-order valence-corrected chi connectivity index (χ4v) is 7.67. The zero-order chi connectivity index (χ0) is 28.6. The Balaban J connectivity index is 1.40. The summed E-state index contributed by atoms with van der Waals surface area (Å²) in [6.45, 7) is 4.09. The summed E-state index contributed by atoms with van der Waals surface area (Å²) in [6, 6.07) is 11.1. The summed E-state index contributed by atoms with van der Waals surface area (Å²) in [6.07, 6.45) is 0.968. The standard InChI is InChI=1S/C27H25ClN6O3S3/c1-27(2)10-17-23(18(35)11-27)22(20-5-4-8-38-20)15(12-29)24(30)34(17)25-32-33-26(40-25)39-13-21(36)31-14-6-7-19(37-3)16(28)9-14/h4-9,22H,10-11,13,30H2,1-3H3,(H,31,36). The summed E-state index contributed by atoms with van der Waals surface area (Å²) in [7, 11) is 1.52. The van der Waals surface area contributed by atoms with Crippen molar-refractivity contribution in [2.45, 2.75) is 36.9 Å². The van der Waals surface area contributed by atoms with Crippen LogP contribution in [-0.2, 0) is 9.59 Å². The van der Waals surface area contributed by atoms with Gasteiger partial charge in [0.1, 0.15) is 11.6 Å². The second-order valence-electron chi connectivity index (χ2n) is 10.0. The quantitative estimate of drug-likeness (QED) is 0.311. The Morgan fingerprint density at radius 3 is 2.83 bits per heavy atom. The number of aromatic nitrogens is 2. The van der Waals surface area contributed by atoms with Crippen LogP contribution in [0.3, 0.4) is 0 Å². The summed E-state index contributed by atoms with van der Waals surface area (Å²) in [5, 5.41) is 24.3. The van der Waals surface area contributed by atoms with E-state index in [4.69, 9.17) is 22.1 Å². The first kappa shape index (κ1) is 28.2. The highest BCUT2D eigenvalue weighted by atomic mass is 35.5. The van der Waals surface area contributed by atoms with Crippen LogP contribution in [0.1, 0.15) is 37.5 Å². The Labute approximate surface area is 248 Å². The van der Waals surface area contributed by atoms with Crippen LogP contribution < -0.4 is 20.7 Å². The third kappa shape index (κ3) is 5.47. The molecule has 1 amide bonds. The molecule has 13 heteroatoms. The molecule has 1 aliphatic heterocycles. The highest BCUT2D eigenvalue weighted by Gasteiger charge is 2.45. The van der Waals surface area contributed by atoms with Gasteiger partial charge in [0, 0.05) is 28.3 Å². The Hall–Kier alpha value is -3.37. The SMILES string of the molecule is COc1ccc(NC(=O)CSc2nnc(N3C(N)=C(C#N)C(c4cccs4)C4=C3CC(C)(C)CC4=O)s2)cc1Cl. The molecule has 206 valence electrons. The normalized spacial score (nSPS) is 18.4. The van der Waals surface area contributed by atoms with Gasteiger partial charge in [0.25, 0.3) is 0 Å². The van der Waals surface area contributed by atoms with Crippen LogP contribution in [0.15, 0.2) is 62.7 Å². The minimum atomic E-state index is -0.503. The molecular formula is C27H25ClN6O3S3. The number of thiophene rings is 1. The van der Waals surface area contributed by atoms with Crippen molar-refractivity contribution >= 4 is 68.5 Å². The number of halogens is 1. The molecule has 1 unspecified atom stereocenters. The molecule has 9 nitrogen and oxygen atoms in total. The maximum atomic E-state index is 13.5. The van der Waals surface area contributed by atoms with Gasteiger partial charge in [-0.1, -0.05) is 54.6 Å². The molecule has 1 aliphatic carbocycles. The second kappa shape index (κ2) is 11.2. The van der Waals surface area contributed by atoms with Gasteiger partial charge in [0.15, 0.2) is 10.1 Å². The van der Waals surface area contributed by atoms with Gasteiger partial charge < -0.3 is 15.8 Å². The average molecular weight is 613 g/mol. The number of hydrogen-bond acceptors (Lipinski definition) is 11. The van der Waals surface area contributed by atoms with Crippen LogP contribution in [0.4, 0.5) is 10.8 Å². The third-order valence-electron chi connectivity index (χ3n) is 6.56. The fraction of sp³-hybridized carbons (Fsp3) is 0.296. The van der Waals surface area contributed by atoms with Crippen molar-refractivity contribution in [2.75, 3.05) is 23.1 Å². The minimum Gasteiger partial charge on any atom is -0.495 e. The first-order valence-corrected chi connectivity index (χ1v) is 15.3. The van der Waals surface area contributed by atoms with Crippen molar-refractivity contribution in [3.8, 4) is 11.8 Å². The van der Waals surface area contributed by atoms with Gasteiger partial charge in [0.05, 0.1) is 35.4 Å². The van der Waals surface area contributed by atoms with Crippen molar-refractivity contribution < 1.29 is 14.3 Å². The van der Waals surface area contributed by atoms with E-state index in [0.717, 1.165) is 10.6 Å². The highest BCUT2D eigenvalue weighted by Crippen LogP contribution is 2.51. The monoisotopic (exact) mass is 612 g/mol. The van der Waals surface area contributed by atoms with Crippen LogP contribution >= 0.6 is 46.0 Å². The van der Waals surface area contributed by atoms with Crippen molar-refractivity contribution in [2.24, 2.45) is 11.1 Å². The predicted octanol–water partition coefficient (Wildman–Crippen LogP) is 5.93. The molecule has 2 aliphatic rings. The van der Waals surface area contributed by atoms with Crippen molar-refractivity contribution in [3.05, 3.63) is 68.3 Å². The Kier molecular flexibility index (Phi) is 7.92. The molecule has 0 saturated heterocycles. The van der Waals surface area contributed by atoms with E-state index in [1.165, 1.54) is 41.5 Å². The van der Waals surface area contributed by atoms with Crippen LogP contribution in [0.5, 0.6) is 5.75 Å². The van der Waals surface area contributed by atoms with E-state index in [2.05, 4.69) is 21.6 Å². The van der Waals surface area contributed by atoms with Gasteiger partial charge in [-0.15, -0.1) is 21.5 Å². The lowest BCUT2D eigenvalue weighted by atomic mass is 9.70. The number of allylic oxidation sites excluding steroid dienone is 3. The summed E-state index contributed by atoms with van der Waals surface area (Å²) < 4.78 is 5.69. The topological polar surface area (TPSA) is 134 Å². The summed E-state index contributed by atoms with van der Waals surface area (Å²) in [5.74, 6) is 0.111. The number of nitrogens with two attached hydrogens (primary N) is 1. The number of ketones is 1. The first-order chi connectivity index (χ1) is 19.1. The number of hydrogen-bond donors (Lipinski definition) is 2. The van der Waals surface area contributed by atoms with Gasteiger partial charge in [-0.25, -0.2) is 0 Å². The van der Waals surface area contributed by atoms with Gasteiger partial charge in [-0.05, 0) is 41.5 Å². The number of amides is 1. The number of anilines is 2. The highest BCUT2D eigenvalue weighted by molar-refractivity contribution is 8.01. The maximum Gasteiger partial charge on any atom is 0.234 e. The summed E-state index contributed by atoms with van der Waals surface area (Å²) in [4.78, 5) is 28.7. The molecule has 5 rings (SSSR count). The van der Waals surface area contributed by atoms with E-state index in [0.29, 0.717) is 49.9 Å². The van der Waals surface area contributed by atoms with E-state index in [1.807, 2.05) is 31.4 Å². The van der Waals surface area contributed by atoms with Crippen LogP contribution in [0.2, 0.25) is 5.02 Å². The molecule has 3 heterocycles. The number of ether oxygens (including phenoxy) is 1. The largest absolute Gasteiger partial charge is 0.495 e. The maximum absolute atomic E-state index is 13.5. The Morgan fingerprint density at radius 1 is 1.35 bits per heavy atom. The van der Waals surface area contributed by atoms with E-state index in [9.17, 15) is 14.9 Å². The number of rotatable bonds is 7. The predicted molar refractivity (Wildman–Crippen MR) is 159 cm³/mol. The Bertz CT molecular complexity index is 1590. The summed E-state index contributed by atoms with van der Waals surface area (Å²) in [5.41, 5.74) is 8.56. The number of nitrogens with zero attached hydrogens (tertiary/aromatic N) is 4. The number of benzene rings is 1. The molecule has 1 aromatic carbocycles. The molecule has 0 saturated carbocycles. The van der Waals surface area contributed by atoms with Crippen molar-refractivity contribution in [3.63, 3.8) is 0 Å². The smallest absolute Gasteiger partial charge is 0.234 e. The lowest BCUT2D eigenvalue weighted by molar-refractivity contribution is -0.118. The first-order valence-electron chi connectivity index (χ1n) is 12.2. The average Bonchev–Trinajstić information content (AvgIpc) is 3.59. The molecule has 3 N–H and O–H groups in total. The van der Waals surface area contributed by atoms with Crippen LogP contribution in [0.25, 0.3) is 0 Å². The fourth-order valence-electron chi connectivity index (χ4n) is 4.89. The zero-order valence-electron chi connectivity index (χ0n) is 21.9. The van der Waals surface area contributed by atoms with E-state index < -0.39 is 5.92 Å². The number of carbonyl (C=O) groups is 2. The van der Waals surface area contributed by atoms with Crippen molar-refractivity contribution in [1.29, 1.82) is 5.26 Å². The van der Waals surface area contributed by atoms with Gasteiger partial charge in [-0.3, -0.25) is 14.5 Å². The molecule has 1 atom stereocenters. The van der Waals surface area contributed by atoms with Crippen molar-refractivity contribution in [1.82, 2.24) is 10.2 Å². The van der Waals surface area contributed by atoms with E-state index in [1.54, 1.807) is 23.1 Å². The molecule has 0 bridgehead atoms. The molecule has 2 aromatic heterocycles. The third-order valence-corrected chi connectivity index (χ3v) is 9.83. The van der Waals surface area contributed by atoms with Gasteiger partial charge in [0.2, 0.25) is 11.0 Å². The molecule has 0 spiro atoms.